The fourth-order valence-corrected chi connectivity index (χ4v) is 3.16. The van der Waals surface area contributed by atoms with E-state index in [1.807, 2.05) is 0 Å². The Morgan fingerprint density at radius 2 is 1.85 bits per heavy atom. The van der Waals surface area contributed by atoms with Gasteiger partial charge in [0.2, 0.25) is 5.91 Å². The first-order chi connectivity index (χ1) is 12.8. The Hall–Kier alpha value is -2.81. The number of amides is 1. The summed E-state index contributed by atoms with van der Waals surface area (Å²) in [6.45, 7) is 6.65. The number of carbonyl (C=O) groups is 1. The smallest absolute Gasteiger partial charge is 0.307 e. The molecule has 0 N–H and O–H groups in total. The molecule has 1 aromatic heterocycles. The summed E-state index contributed by atoms with van der Waals surface area (Å²) in [5, 5.41) is 14.8. The van der Waals surface area contributed by atoms with E-state index in [0.717, 1.165) is 11.8 Å². The van der Waals surface area contributed by atoms with E-state index in [1.165, 1.54) is 23.0 Å². The summed E-state index contributed by atoms with van der Waals surface area (Å²) in [4.78, 5) is 27.2. The number of carbonyl (C=O) groups excluding carboxylic acids is 1. The molecule has 9 heteroatoms. The molecule has 0 atom stereocenters. The van der Waals surface area contributed by atoms with Crippen LogP contribution in [0.15, 0.2) is 36.7 Å². The van der Waals surface area contributed by atoms with Crippen LogP contribution in [0.1, 0.15) is 19.4 Å². The van der Waals surface area contributed by atoms with Crippen LogP contribution < -0.4 is 0 Å². The van der Waals surface area contributed by atoms with E-state index < -0.39 is 10.5 Å². The highest BCUT2D eigenvalue weighted by molar-refractivity contribution is 5.83. The Morgan fingerprint density at radius 3 is 2.41 bits per heavy atom. The highest BCUT2D eigenvalue weighted by Crippen LogP contribution is 2.22. The molecule has 1 aliphatic heterocycles. The topological polar surface area (TPSA) is 84.5 Å². The van der Waals surface area contributed by atoms with Gasteiger partial charge < -0.3 is 4.90 Å². The van der Waals surface area contributed by atoms with Gasteiger partial charge in [0.15, 0.2) is 0 Å². The monoisotopic (exact) mass is 375 g/mol. The van der Waals surface area contributed by atoms with Gasteiger partial charge in [0.1, 0.15) is 23.7 Å². The molecule has 2 aromatic rings. The summed E-state index contributed by atoms with van der Waals surface area (Å²) in [5.41, 5.74) is -0.117. The van der Waals surface area contributed by atoms with Gasteiger partial charge in [-0.05, 0) is 31.5 Å². The molecular formula is C18H22FN5O3. The van der Waals surface area contributed by atoms with E-state index in [0.29, 0.717) is 32.7 Å². The fraction of sp³-hybridized carbons (Fsp3) is 0.444. The maximum Gasteiger partial charge on any atom is 0.307 e. The number of benzene rings is 1. The molecule has 27 heavy (non-hydrogen) atoms. The molecule has 0 radical (unpaired) electrons. The summed E-state index contributed by atoms with van der Waals surface area (Å²) in [6, 6.07) is 6.42. The second-order valence-electron chi connectivity index (χ2n) is 7.15. The van der Waals surface area contributed by atoms with Crippen molar-refractivity contribution < 1.29 is 14.1 Å². The number of hydrogen-bond donors (Lipinski definition) is 0. The van der Waals surface area contributed by atoms with Crippen LogP contribution >= 0.6 is 0 Å². The van der Waals surface area contributed by atoms with Gasteiger partial charge in [-0.15, -0.1) is 0 Å². The molecule has 2 heterocycles. The van der Waals surface area contributed by atoms with Crippen LogP contribution in [0.2, 0.25) is 0 Å². The number of nitrogens with zero attached hydrogens (tertiary/aromatic N) is 5. The lowest BCUT2D eigenvalue weighted by Crippen LogP contribution is -2.54. The largest absolute Gasteiger partial charge is 0.338 e. The first-order valence-corrected chi connectivity index (χ1v) is 8.73. The van der Waals surface area contributed by atoms with Crippen molar-refractivity contribution in [2.45, 2.75) is 25.9 Å². The molecular weight excluding hydrogens is 353 g/mol. The molecule has 144 valence electrons. The number of rotatable bonds is 5. The summed E-state index contributed by atoms with van der Waals surface area (Å²) in [7, 11) is 0. The van der Waals surface area contributed by atoms with Crippen molar-refractivity contribution in [2.24, 2.45) is 0 Å². The Morgan fingerprint density at radius 1 is 1.22 bits per heavy atom. The molecule has 1 fully saturated rings. The molecule has 0 bridgehead atoms. The van der Waals surface area contributed by atoms with Gasteiger partial charge in [-0.25, -0.2) is 4.39 Å². The maximum absolute atomic E-state index is 13.0. The fourth-order valence-electron chi connectivity index (χ4n) is 3.16. The molecule has 0 saturated carbocycles. The lowest BCUT2D eigenvalue weighted by atomic mass is 10.0. The lowest BCUT2D eigenvalue weighted by Gasteiger charge is -2.38. The summed E-state index contributed by atoms with van der Waals surface area (Å²) in [6.07, 6.45) is 2.43. The van der Waals surface area contributed by atoms with Gasteiger partial charge in [-0.3, -0.25) is 24.5 Å². The zero-order chi connectivity index (χ0) is 19.6. The molecule has 8 nitrogen and oxygen atoms in total. The molecule has 3 rings (SSSR count). The van der Waals surface area contributed by atoms with E-state index in [-0.39, 0.29) is 17.4 Å². The number of aromatic nitrogens is 2. The van der Waals surface area contributed by atoms with Gasteiger partial charge >= 0.3 is 5.69 Å². The SMILES string of the molecule is CC(C)(C(=O)N1CCN(Cc2ccc(F)cc2)CC1)n1cc([N+](=O)[O-])cn1. The minimum atomic E-state index is -1.01. The highest BCUT2D eigenvalue weighted by Gasteiger charge is 2.36. The average Bonchev–Trinajstić information content (AvgIpc) is 3.15. The van der Waals surface area contributed by atoms with E-state index in [2.05, 4.69) is 10.00 Å². The van der Waals surface area contributed by atoms with Crippen molar-refractivity contribution in [3.05, 3.63) is 58.2 Å². The van der Waals surface area contributed by atoms with Gasteiger partial charge in [-0.2, -0.15) is 5.10 Å². The Balaban J connectivity index is 1.60. The lowest BCUT2D eigenvalue weighted by molar-refractivity contribution is -0.385. The van der Waals surface area contributed by atoms with Crippen LogP contribution in [0.5, 0.6) is 0 Å². The zero-order valence-corrected chi connectivity index (χ0v) is 15.3. The van der Waals surface area contributed by atoms with Crippen LogP contribution in [0.25, 0.3) is 0 Å². The predicted octanol–water partition coefficient (Wildman–Crippen LogP) is 2.01. The van der Waals surface area contributed by atoms with Crippen LogP contribution in [0.4, 0.5) is 10.1 Å². The van der Waals surface area contributed by atoms with Gasteiger partial charge in [0.25, 0.3) is 0 Å². The average molecular weight is 375 g/mol. The minimum absolute atomic E-state index is 0.123. The summed E-state index contributed by atoms with van der Waals surface area (Å²) in [5.74, 6) is -0.378. The number of halogens is 1. The highest BCUT2D eigenvalue weighted by atomic mass is 19.1. The number of nitro groups is 1. The van der Waals surface area contributed by atoms with Crippen molar-refractivity contribution >= 4 is 11.6 Å². The van der Waals surface area contributed by atoms with Gasteiger partial charge in [0, 0.05) is 32.7 Å². The summed E-state index contributed by atoms with van der Waals surface area (Å²) < 4.78 is 14.3. The molecule has 0 aliphatic carbocycles. The third-order valence-electron chi connectivity index (χ3n) is 4.85. The van der Waals surface area contributed by atoms with E-state index in [1.54, 1.807) is 30.9 Å². The molecule has 0 unspecified atom stereocenters. The van der Waals surface area contributed by atoms with Crippen molar-refractivity contribution in [1.82, 2.24) is 19.6 Å². The third-order valence-corrected chi connectivity index (χ3v) is 4.85. The van der Waals surface area contributed by atoms with Crippen molar-refractivity contribution in [2.75, 3.05) is 26.2 Å². The number of piperazine rings is 1. The first-order valence-electron chi connectivity index (χ1n) is 8.73. The van der Waals surface area contributed by atoms with Gasteiger partial charge in [-0.1, -0.05) is 12.1 Å². The second kappa shape index (κ2) is 7.43. The molecule has 1 amide bonds. The van der Waals surface area contributed by atoms with E-state index in [4.69, 9.17) is 0 Å². The van der Waals surface area contributed by atoms with Crippen molar-refractivity contribution in [1.29, 1.82) is 0 Å². The Kier molecular flexibility index (Phi) is 5.22. The van der Waals surface area contributed by atoms with E-state index >= 15 is 0 Å². The molecule has 1 aromatic carbocycles. The standard InChI is InChI=1S/C18H22FN5O3/c1-18(2,23-13-16(11-20-23)24(26)27)17(25)22-9-7-21(8-10-22)12-14-3-5-15(19)6-4-14/h3-6,11,13H,7-10,12H2,1-2H3. The Bertz CT molecular complexity index is 826. The van der Waals surface area contributed by atoms with Crippen LogP contribution in [-0.4, -0.2) is 56.6 Å². The Labute approximate surface area is 156 Å². The molecule has 1 aliphatic rings. The van der Waals surface area contributed by atoms with Crippen LogP contribution in [0.3, 0.4) is 0 Å². The van der Waals surface area contributed by atoms with Crippen LogP contribution in [0, 0.1) is 15.9 Å². The summed E-state index contributed by atoms with van der Waals surface area (Å²) >= 11 is 0. The third kappa shape index (κ3) is 4.13. The quantitative estimate of drug-likeness (QED) is 0.590. The zero-order valence-electron chi connectivity index (χ0n) is 15.3. The first kappa shape index (κ1) is 19.0. The number of hydrogen-bond acceptors (Lipinski definition) is 5. The minimum Gasteiger partial charge on any atom is -0.338 e. The van der Waals surface area contributed by atoms with Crippen molar-refractivity contribution in [3.63, 3.8) is 0 Å². The molecule has 1 saturated heterocycles. The molecule has 0 spiro atoms. The van der Waals surface area contributed by atoms with Gasteiger partial charge in [0.05, 0.1) is 4.92 Å². The van der Waals surface area contributed by atoms with E-state index in [9.17, 15) is 19.3 Å². The normalized spacial score (nSPS) is 15.7. The van der Waals surface area contributed by atoms with Crippen LogP contribution in [-0.2, 0) is 16.9 Å². The predicted molar refractivity (Wildman–Crippen MR) is 96.5 cm³/mol. The second-order valence-corrected chi connectivity index (χ2v) is 7.15. The van der Waals surface area contributed by atoms with Crippen molar-refractivity contribution in [3.8, 4) is 0 Å². The maximum atomic E-state index is 13.0.